The van der Waals surface area contributed by atoms with Crippen molar-refractivity contribution in [1.29, 1.82) is 5.26 Å². The van der Waals surface area contributed by atoms with Crippen molar-refractivity contribution in [2.24, 2.45) is 0 Å². The van der Waals surface area contributed by atoms with Crippen molar-refractivity contribution in [3.05, 3.63) is 118 Å². The van der Waals surface area contributed by atoms with Crippen LogP contribution in [0.2, 0.25) is 0 Å². The van der Waals surface area contributed by atoms with E-state index in [4.69, 9.17) is 9.15 Å². The fraction of sp³-hybridized carbons (Fsp3) is 0.0385. The topological polar surface area (TPSA) is 46.2 Å². The fourth-order valence-corrected chi connectivity index (χ4v) is 4.35. The van der Waals surface area contributed by atoms with Gasteiger partial charge in [-0.3, -0.25) is 0 Å². The first-order chi connectivity index (χ1) is 14.8. The van der Waals surface area contributed by atoms with Gasteiger partial charge in [0.25, 0.3) is 0 Å². The van der Waals surface area contributed by atoms with E-state index in [1.807, 2.05) is 91.0 Å². The molecule has 2 heterocycles. The summed E-state index contributed by atoms with van der Waals surface area (Å²) in [6.45, 7) is 0. The van der Waals surface area contributed by atoms with Crippen molar-refractivity contribution in [1.82, 2.24) is 0 Å². The second-order valence-electron chi connectivity index (χ2n) is 7.00. The van der Waals surface area contributed by atoms with Gasteiger partial charge in [0.05, 0.1) is 11.5 Å². The molecule has 0 spiro atoms. The molecule has 1 aliphatic heterocycles. The summed E-state index contributed by atoms with van der Waals surface area (Å²) >= 11 is 3.49. The summed E-state index contributed by atoms with van der Waals surface area (Å²) in [6.07, 6.45) is 0. The molecule has 1 atom stereocenters. The van der Waals surface area contributed by atoms with Gasteiger partial charge in [0.2, 0.25) is 0 Å². The smallest absolute Gasteiger partial charge is 0.184 e. The first-order valence-electron chi connectivity index (χ1n) is 9.57. The van der Waals surface area contributed by atoms with Gasteiger partial charge in [-0.25, -0.2) is 0 Å². The van der Waals surface area contributed by atoms with Crippen molar-refractivity contribution in [2.75, 3.05) is 0 Å². The van der Waals surface area contributed by atoms with Gasteiger partial charge in [-0.05, 0) is 39.2 Å². The molecule has 0 saturated carbocycles. The molecule has 3 nitrogen and oxygen atoms in total. The van der Waals surface area contributed by atoms with Crippen molar-refractivity contribution in [3.8, 4) is 6.07 Å². The van der Waals surface area contributed by atoms with E-state index in [0.29, 0.717) is 21.8 Å². The van der Waals surface area contributed by atoms with Crippen molar-refractivity contribution < 1.29 is 9.15 Å². The van der Waals surface area contributed by atoms with E-state index < -0.39 is 0 Å². The maximum atomic E-state index is 9.97. The molecule has 5 rings (SSSR count). The summed E-state index contributed by atoms with van der Waals surface area (Å²) in [6, 6.07) is 32.2. The largest absolute Gasteiger partial charge is 0.453 e. The molecule has 0 amide bonds. The van der Waals surface area contributed by atoms with Crippen LogP contribution < -0.4 is 0 Å². The monoisotopic (exact) mass is 453 g/mol. The Kier molecular flexibility index (Phi) is 4.74. The van der Waals surface area contributed by atoms with E-state index in [1.165, 1.54) is 0 Å². The SMILES string of the molecule is N#CC1=C(Br)OC(c2cc3ccccc3o2)=C(c2ccccc2)[C@@H]1c1ccccc1. The van der Waals surface area contributed by atoms with E-state index in [9.17, 15) is 5.26 Å². The lowest BCUT2D eigenvalue weighted by atomic mass is 9.80. The van der Waals surface area contributed by atoms with Crippen LogP contribution in [-0.2, 0) is 4.74 Å². The summed E-state index contributed by atoms with van der Waals surface area (Å²) in [5.74, 6) is 0.951. The van der Waals surface area contributed by atoms with Gasteiger partial charge >= 0.3 is 0 Å². The summed E-state index contributed by atoms with van der Waals surface area (Å²) in [5.41, 5.74) is 4.22. The van der Waals surface area contributed by atoms with E-state index in [0.717, 1.165) is 27.7 Å². The van der Waals surface area contributed by atoms with Crippen LogP contribution in [0, 0.1) is 11.3 Å². The molecule has 3 aromatic carbocycles. The van der Waals surface area contributed by atoms with E-state index in [-0.39, 0.29) is 5.92 Å². The van der Waals surface area contributed by atoms with Crippen molar-refractivity contribution in [2.45, 2.75) is 5.92 Å². The van der Waals surface area contributed by atoms with Crippen LogP contribution in [0.25, 0.3) is 22.3 Å². The van der Waals surface area contributed by atoms with Crippen LogP contribution in [0.15, 0.2) is 106 Å². The zero-order chi connectivity index (χ0) is 20.5. The third-order valence-electron chi connectivity index (χ3n) is 5.21. The maximum absolute atomic E-state index is 9.97. The number of benzene rings is 3. The lowest BCUT2D eigenvalue weighted by molar-refractivity contribution is 0.392. The molecule has 0 unspecified atom stereocenters. The van der Waals surface area contributed by atoms with Crippen LogP contribution in [0.3, 0.4) is 0 Å². The molecule has 0 bridgehead atoms. The van der Waals surface area contributed by atoms with Gasteiger partial charge in [0, 0.05) is 11.0 Å². The Labute approximate surface area is 182 Å². The lowest BCUT2D eigenvalue weighted by Gasteiger charge is -2.28. The molecule has 144 valence electrons. The van der Waals surface area contributed by atoms with Crippen molar-refractivity contribution in [3.63, 3.8) is 0 Å². The normalized spacial score (nSPS) is 16.5. The second kappa shape index (κ2) is 7.70. The fourth-order valence-electron chi connectivity index (χ4n) is 3.87. The molecule has 1 aromatic heterocycles. The number of rotatable bonds is 3. The van der Waals surface area contributed by atoms with Crippen LogP contribution in [-0.4, -0.2) is 0 Å². The average Bonchev–Trinajstić information content (AvgIpc) is 3.24. The number of fused-ring (bicyclic) bond motifs is 1. The quantitative estimate of drug-likeness (QED) is 0.328. The number of allylic oxidation sites excluding steroid dienone is 2. The van der Waals surface area contributed by atoms with Gasteiger partial charge < -0.3 is 9.15 Å². The zero-order valence-electron chi connectivity index (χ0n) is 15.9. The number of hydrogen-bond acceptors (Lipinski definition) is 3. The van der Waals surface area contributed by atoms with Gasteiger partial charge in [-0.2, -0.15) is 5.26 Å². The van der Waals surface area contributed by atoms with E-state index in [1.54, 1.807) is 0 Å². The Balaban J connectivity index is 1.82. The third kappa shape index (κ3) is 3.14. The molecule has 0 saturated heterocycles. The summed E-state index contributed by atoms with van der Waals surface area (Å²) in [4.78, 5) is 0. The second-order valence-corrected chi connectivity index (χ2v) is 7.72. The van der Waals surface area contributed by atoms with E-state index in [2.05, 4.69) is 22.0 Å². The first-order valence-corrected chi connectivity index (χ1v) is 10.4. The van der Waals surface area contributed by atoms with Gasteiger partial charge in [-0.1, -0.05) is 78.9 Å². The minimum absolute atomic E-state index is 0.287. The molecule has 0 radical (unpaired) electrons. The molecule has 1 aliphatic rings. The Hall–Kier alpha value is -3.55. The highest BCUT2D eigenvalue weighted by molar-refractivity contribution is 9.11. The number of nitriles is 1. The number of para-hydroxylation sites is 1. The summed E-state index contributed by atoms with van der Waals surface area (Å²) in [7, 11) is 0. The molecule has 4 heteroatoms. The average molecular weight is 454 g/mol. The molecule has 0 N–H and O–H groups in total. The summed E-state index contributed by atoms with van der Waals surface area (Å²) < 4.78 is 12.7. The van der Waals surface area contributed by atoms with Crippen LogP contribution in [0.5, 0.6) is 0 Å². The van der Waals surface area contributed by atoms with Crippen LogP contribution >= 0.6 is 15.9 Å². The number of halogens is 1. The van der Waals surface area contributed by atoms with Crippen LogP contribution in [0.1, 0.15) is 22.8 Å². The Morgan fingerprint density at radius 1 is 0.833 bits per heavy atom. The standard InChI is InChI=1S/C26H16BrNO2/c27-26-20(16-28)23(17-9-3-1-4-10-17)24(18-11-5-2-6-12-18)25(30-26)22-15-19-13-7-8-14-21(19)29-22/h1-15,23H/t23-/m1/s1. The molecule has 30 heavy (non-hydrogen) atoms. The Morgan fingerprint density at radius 3 is 2.20 bits per heavy atom. The Morgan fingerprint density at radius 2 is 1.50 bits per heavy atom. The first kappa shape index (κ1) is 18.5. The maximum Gasteiger partial charge on any atom is 0.184 e. The third-order valence-corrected chi connectivity index (χ3v) is 5.80. The molecule has 4 aromatic rings. The Bertz CT molecular complexity index is 1290. The number of furan rings is 1. The van der Waals surface area contributed by atoms with Gasteiger partial charge in [0.15, 0.2) is 16.2 Å². The minimum Gasteiger partial charge on any atom is -0.453 e. The van der Waals surface area contributed by atoms with Crippen LogP contribution in [0.4, 0.5) is 0 Å². The molecular formula is C26H16BrNO2. The minimum atomic E-state index is -0.287. The molecule has 0 aliphatic carbocycles. The van der Waals surface area contributed by atoms with E-state index >= 15 is 0 Å². The zero-order valence-corrected chi connectivity index (χ0v) is 17.5. The predicted octanol–water partition coefficient (Wildman–Crippen LogP) is 7.25. The van der Waals surface area contributed by atoms with Gasteiger partial charge in [-0.15, -0.1) is 0 Å². The number of nitrogens with zero attached hydrogens (tertiary/aromatic N) is 1. The summed E-state index contributed by atoms with van der Waals surface area (Å²) in [5, 5.41) is 11.0. The molecule has 0 fully saturated rings. The highest BCUT2D eigenvalue weighted by Crippen LogP contribution is 2.49. The highest BCUT2D eigenvalue weighted by atomic mass is 79.9. The number of hydrogen-bond donors (Lipinski definition) is 0. The highest BCUT2D eigenvalue weighted by Gasteiger charge is 2.35. The number of ether oxygens (including phenoxy) is 1. The predicted molar refractivity (Wildman–Crippen MR) is 121 cm³/mol. The lowest BCUT2D eigenvalue weighted by Crippen LogP contribution is -2.14. The van der Waals surface area contributed by atoms with Crippen molar-refractivity contribution >= 4 is 38.2 Å². The van der Waals surface area contributed by atoms with Gasteiger partial charge in [0.1, 0.15) is 11.7 Å². The molecular weight excluding hydrogens is 438 g/mol.